The van der Waals surface area contributed by atoms with E-state index in [9.17, 15) is 67.2 Å². The number of nitro groups is 1. The van der Waals surface area contributed by atoms with Gasteiger partial charge in [-0.1, -0.05) is 11.6 Å². The van der Waals surface area contributed by atoms with E-state index in [4.69, 9.17) is 16.3 Å². The summed E-state index contributed by atoms with van der Waals surface area (Å²) < 4.78 is 158. The second-order valence-electron chi connectivity index (χ2n) is 7.01. The summed E-state index contributed by atoms with van der Waals surface area (Å²) in [5.74, 6) is -9.43. The molecule has 0 aliphatic carbocycles. The molecule has 0 aromatic heterocycles. The molecule has 0 atom stereocenters. The van der Waals surface area contributed by atoms with Crippen LogP contribution in [0.3, 0.4) is 0 Å². The number of anilines is 1. The smallest absolute Gasteiger partial charge is 0.461 e. The molecule has 210 valence electrons. The van der Waals surface area contributed by atoms with Crippen molar-refractivity contribution >= 4 is 38.7 Å². The fourth-order valence-corrected chi connectivity index (χ4v) is 3.97. The minimum Gasteiger partial charge on any atom is -0.477 e. The largest absolute Gasteiger partial charge is 0.477 e. The van der Waals surface area contributed by atoms with Gasteiger partial charge in [-0.25, -0.2) is 8.42 Å². The van der Waals surface area contributed by atoms with Crippen molar-refractivity contribution in [1.29, 1.82) is 0 Å². The van der Waals surface area contributed by atoms with E-state index < -0.39 is 78.4 Å². The zero-order valence-corrected chi connectivity index (χ0v) is 19.2. The number of hydrogen-bond acceptors (Lipinski definition) is 6. The Morgan fingerprint density at radius 3 is 2.05 bits per heavy atom. The van der Waals surface area contributed by atoms with Gasteiger partial charge in [-0.15, -0.1) is 0 Å². The molecule has 0 aliphatic rings. The zero-order chi connectivity index (χ0) is 29.5. The summed E-state index contributed by atoms with van der Waals surface area (Å²) in [4.78, 5) is 19.7. The Labute approximate surface area is 209 Å². The number of alkyl halides is 10. The number of sulfone groups is 1. The molecule has 0 bridgehead atoms. The maximum Gasteiger partial charge on any atom is 0.461 e. The van der Waals surface area contributed by atoms with Crippen LogP contribution in [0.2, 0.25) is 5.02 Å². The number of rotatable bonds is 8. The highest BCUT2D eigenvalue weighted by Gasteiger charge is 2.78. The maximum atomic E-state index is 13.8. The topological polar surface area (TPSA) is 116 Å². The first kappa shape index (κ1) is 30.9. The molecule has 0 heterocycles. The molecular weight excluding hydrogens is 598 g/mol. The van der Waals surface area contributed by atoms with Gasteiger partial charge in [0.25, 0.3) is 15.7 Å². The van der Waals surface area contributed by atoms with Crippen molar-refractivity contribution in [2.24, 2.45) is 0 Å². The summed E-state index contributed by atoms with van der Waals surface area (Å²) in [6, 6.07) is 1.66. The Bertz CT molecular complexity index is 1360. The predicted octanol–water partition coefficient (Wildman–Crippen LogP) is 5.85. The van der Waals surface area contributed by atoms with Crippen molar-refractivity contribution in [3.63, 3.8) is 0 Å². The number of nitrogens with zero attached hydrogens (tertiary/aromatic N) is 1. The Morgan fingerprint density at radius 2 is 1.55 bits per heavy atom. The lowest BCUT2D eigenvalue weighted by Gasteiger charge is -2.27. The molecule has 8 nitrogen and oxygen atoms in total. The lowest BCUT2D eigenvalue weighted by molar-refractivity contribution is -0.386. The van der Waals surface area contributed by atoms with E-state index in [0.29, 0.717) is 12.1 Å². The predicted molar refractivity (Wildman–Crippen MR) is 107 cm³/mol. The Morgan fingerprint density at radius 1 is 0.974 bits per heavy atom. The second-order valence-corrected chi connectivity index (χ2v) is 9.41. The molecule has 2 rings (SSSR count). The SMILES string of the molecule is O=C(COc1ccc(S(=O)(=O)C(F)(F)C(F)(F)C(F)(F)F)cc1[N+](=O)[O-])Nc1cc(C(F)(F)F)ccc1Cl. The number of nitro benzene ring substituents is 1. The monoisotopic (exact) mass is 606 g/mol. The van der Waals surface area contributed by atoms with Crippen molar-refractivity contribution in [3.05, 3.63) is 57.1 Å². The molecule has 0 saturated carbocycles. The molecule has 0 aliphatic heterocycles. The molecule has 20 heteroatoms. The average molecular weight is 607 g/mol. The molecule has 0 saturated heterocycles. The number of hydrogen-bond donors (Lipinski definition) is 1. The van der Waals surface area contributed by atoms with Gasteiger partial charge >= 0.3 is 29.2 Å². The molecule has 0 spiro atoms. The molecule has 2 aromatic carbocycles. The molecule has 2 aromatic rings. The van der Waals surface area contributed by atoms with E-state index in [0.717, 1.165) is 6.07 Å². The third-order valence-corrected chi connectivity index (χ3v) is 6.56. The summed E-state index contributed by atoms with van der Waals surface area (Å²) in [6.45, 7) is -1.23. The Hall–Kier alpha value is -3.35. The van der Waals surface area contributed by atoms with Crippen LogP contribution >= 0.6 is 11.6 Å². The van der Waals surface area contributed by atoms with Gasteiger partial charge in [0.15, 0.2) is 12.4 Å². The average Bonchev–Trinajstić information content (AvgIpc) is 2.77. The van der Waals surface area contributed by atoms with Crippen molar-refractivity contribution in [2.75, 3.05) is 11.9 Å². The van der Waals surface area contributed by atoms with Crippen molar-refractivity contribution in [2.45, 2.75) is 28.4 Å². The quantitative estimate of drug-likeness (QED) is 0.229. The Balaban J connectivity index is 2.33. The number of benzene rings is 2. The minimum atomic E-state index is -7.09. The number of amides is 1. The van der Waals surface area contributed by atoms with Crippen LogP contribution in [-0.4, -0.2) is 43.2 Å². The van der Waals surface area contributed by atoms with Gasteiger partial charge in [-0.05, 0) is 30.3 Å². The normalized spacial score (nSPS) is 13.2. The van der Waals surface area contributed by atoms with Gasteiger partial charge < -0.3 is 10.1 Å². The second kappa shape index (κ2) is 10.1. The fraction of sp³-hybridized carbons (Fsp3) is 0.278. The first-order valence-corrected chi connectivity index (χ1v) is 11.0. The molecule has 0 radical (unpaired) electrons. The van der Waals surface area contributed by atoms with Crippen LogP contribution < -0.4 is 10.1 Å². The van der Waals surface area contributed by atoms with Crippen LogP contribution in [0.4, 0.5) is 55.3 Å². The van der Waals surface area contributed by atoms with Gasteiger partial charge in [0, 0.05) is 6.07 Å². The van der Waals surface area contributed by atoms with Gasteiger partial charge in [-0.3, -0.25) is 14.9 Å². The third-order valence-electron chi connectivity index (χ3n) is 4.42. The summed E-state index contributed by atoms with van der Waals surface area (Å²) in [5.41, 5.74) is -3.35. The van der Waals surface area contributed by atoms with Gasteiger partial charge in [0.2, 0.25) is 0 Å². The lowest BCUT2D eigenvalue weighted by atomic mass is 10.2. The molecule has 1 N–H and O–H groups in total. The Kier molecular flexibility index (Phi) is 8.19. The number of carbonyl (C=O) groups is 1. The number of halogens is 11. The number of ether oxygens (including phenoxy) is 1. The highest BCUT2D eigenvalue weighted by Crippen LogP contribution is 2.51. The van der Waals surface area contributed by atoms with Crippen LogP contribution in [0.5, 0.6) is 5.75 Å². The van der Waals surface area contributed by atoms with E-state index in [2.05, 4.69) is 0 Å². The minimum absolute atomic E-state index is 0.0282. The van der Waals surface area contributed by atoms with Crippen LogP contribution in [0.25, 0.3) is 0 Å². The van der Waals surface area contributed by atoms with Crippen LogP contribution in [0.1, 0.15) is 5.56 Å². The van der Waals surface area contributed by atoms with Crippen LogP contribution in [0, 0.1) is 10.1 Å². The molecule has 1 amide bonds. The lowest BCUT2D eigenvalue weighted by Crippen LogP contribution is -2.55. The maximum absolute atomic E-state index is 13.8. The van der Waals surface area contributed by atoms with Gasteiger partial charge in [0.1, 0.15) is 0 Å². The first-order valence-electron chi connectivity index (χ1n) is 9.19. The van der Waals surface area contributed by atoms with E-state index in [1.807, 2.05) is 5.32 Å². The zero-order valence-electron chi connectivity index (χ0n) is 17.6. The molecule has 0 unspecified atom stereocenters. The summed E-state index contributed by atoms with van der Waals surface area (Å²) in [5, 5.41) is 5.92. The van der Waals surface area contributed by atoms with E-state index in [-0.39, 0.29) is 23.2 Å². The van der Waals surface area contributed by atoms with Crippen LogP contribution in [0.15, 0.2) is 41.3 Å². The standard InChI is InChI=1S/C18H9ClF10N2O6S/c19-10-3-1-8(15(20,21)22)5-11(10)30-14(32)7-37-13-4-2-9(6-12(13)31(33)34)38(35,36)18(28,29)16(23,24)17(25,26)27/h1-6H,7H2,(H,30,32). The summed E-state index contributed by atoms with van der Waals surface area (Å²) in [6.07, 6.45) is -11.8. The van der Waals surface area contributed by atoms with Gasteiger partial charge in [-0.2, -0.15) is 43.9 Å². The number of nitrogens with one attached hydrogen (secondary N) is 1. The molecule has 38 heavy (non-hydrogen) atoms. The molecular formula is C18H9ClF10N2O6S. The van der Waals surface area contributed by atoms with Gasteiger partial charge in [0.05, 0.1) is 26.1 Å². The fourth-order valence-electron chi connectivity index (χ4n) is 2.54. The highest BCUT2D eigenvalue weighted by atomic mass is 35.5. The van der Waals surface area contributed by atoms with E-state index in [1.165, 1.54) is 0 Å². The summed E-state index contributed by atoms with van der Waals surface area (Å²) in [7, 11) is -6.89. The van der Waals surface area contributed by atoms with E-state index in [1.54, 1.807) is 0 Å². The van der Waals surface area contributed by atoms with Crippen molar-refractivity contribution in [1.82, 2.24) is 0 Å². The molecule has 0 fully saturated rings. The summed E-state index contributed by atoms with van der Waals surface area (Å²) >= 11 is 5.68. The van der Waals surface area contributed by atoms with Crippen molar-refractivity contribution in [3.8, 4) is 5.75 Å². The first-order chi connectivity index (χ1) is 17.0. The van der Waals surface area contributed by atoms with Crippen LogP contribution in [-0.2, 0) is 20.8 Å². The van der Waals surface area contributed by atoms with Crippen molar-refractivity contribution < 1.29 is 66.8 Å². The highest BCUT2D eigenvalue weighted by molar-refractivity contribution is 7.92. The number of carbonyl (C=O) groups excluding carboxylic acids is 1. The van der Waals surface area contributed by atoms with E-state index >= 15 is 0 Å². The third kappa shape index (κ3) is 5.87.